The molecule has 1 saturated carbocycles. The number of aromatic nitrogens is 1. The van der Waals surface area contributed by atoms with E-state index in [-0.39, 0.29) is 12.1 Å². The van der Waals surface area contributed by atoms with Gasteiger partial charge in [-0.2, -0.15) is 0 Å². The number of ether oxygens (including phenoxy) is 1. The van der Waals surface area contributed by atoms with E-state index in [1.165, 1.54) is 12.8 Å². The molecule has 0 bridgehead atoms. The molecule has 3 rings (SSSR count). The van der Waals surface area contributed by atoms with Crippen molar-refractivity contribution in [2.45, 2.75) is 31.9 Å². The van der Waals surface area contributed by atoms with E-state index < -0.39 is 0 Å². The number of amides is 2. The fourth-order valence-corrected chi connectivity index (χ4v) is 2.40. The summed E-state index contributed by atoms with van der Waals surface area (Å²) in [6.07, 6.45) is 7.29. The lowest BCUT2D eigenvalue weighted by molar-refractivity contribution is 0.0538. The number of likely N-dealkylation sites (tertiary alicyclic amines) is 1. The molecule has 5 nitrogen and oxygen atoms in total. The fourth-order valence-electron chi connectivity index (χ4n) is 2.40. The van der Waals surface area contributed by atoms with Crippen molar-refractivity contribution in [1.82, 2.24) is 15.2 Å². The van der Waals surface area contributed by atoms with Gasteiger partial charge in [-0.3, -0.25) is 4.98 Å². The van der Waals surface area contributed by atoms with Gasteiger partial charge in [0.25, 0.3) is 0 Å². The van der Waals surface area contributed by atoms with Crippen molar-refractivity contribution < 1.29 is 9.53 Å². The van der Waals surface area contributed by atoms with Gasteiger partial charge in [0, 0.05) is 38.6 Å². The average Bonchev–Trinajstić information content (AvgIpc) is 3.20. The molecule has 1 aromatic rings. The van der Waals surface area contributed by atoms with Crippen LogP contribution in [0.25, 0.3) is 0 Å². The predicted molar refractivity (Wildman–Crippen MR) is 75.1 cm³/mol. The highest BCUT2D eigenvalue weighted by Crippen LogP contribution is 2.29. The van der Waals surface area contributed by atoms with Crippen LogP contribution in [0.4, 0.5) is 4.79 Å². The molecule has 1 aliphatic heterocycles. The van der Waals surface area contributed by atoms with E-state index >= 15 is 0 Å². The Morgan fingerprint density at radius 3 is 3.10 bits per heavy atom. The molecule has 1 saturated heterocycles. The van der Waals surface area contributed by atoms with Crippen LogP contribution in [-0.4, -0.2) is 41.7 Å². The summed E-state index contributed by atoms with van der Waals surface area (Å²) < 4.78 is 5.84. The van der Waals surface area contributed by atoms with Crippen molar-refractivity contribution in [3.63, 3.8) is 0 Å². The molecule has 1 aliphatic carbocycles. The van der Waals surface area contributed by atoms with E-state index in [9.17, 15) is 4.79 Å². The van der Waals surface area contributed by atoms with Crippen molar-refractivity contribution in [2.24, 2.45) is 5.92 Å². The Kier molecular flexibility index (Phi) is 4.16. The summed E-state index contributed by atoms with van der Waals surface area (Å²) >= 11 is 0. The van der Waals surface area contributed by atoms with E-state index in [4.69, 9.17) is 4.74 Å². The molecule has 0 radical (unpaired) electrons. The topological polar surface area (TPSA) is 54.5 Å². The van der Waals surface area contributed by atoms with Gasteiger partial charge in [-0.15, -0.1) is 0 Å². The van der Waals surface area contributed by atoms with Crippen LogP contribution in [0.5, 0.6) is 0 Å². The molecule has 1 N–H and O–H groups in total. The van der Waals surface area contributed by atoms with E-state index in [0.29, 0.717) is 13.1 Å². The van der Waals surface area contributed by atoms with Gasteiger partial charge in [-0.1, -0.05) is 6.07 Å². The number of rotatable bonds is 5. The molecule has 0 aromatic carbocycles. The molecule has 2 aliphatic rings. The molecule has 5 heteroatoms. The summed E-state index contributed by atoms with van der Waals surface area (Å²) in [4.78, 5) is 17.9. The zero-order valence-corrected chi connectivity index (χ0v) is 11.6. The minimum atomic E-state index is -0.00799. The van der Waals surface area contributed by atoms with Crippen LogP contribution in [0, 0.1) is 5.92 Å². The predicted octanol–water partition coefficient (Wildman–Crippen LogP) is 1.79. The van der Waals surface area contributed by atoms with Crippen LogP contribution < -0.4 is 5.32 Å². The van der Waals surface area contributed by atoms with Crippen LogP contribution in [0.3, 0.4) is 0 Å². The molecular formula is C15H21N3O2. The van der Waals surface area contributed by atoms with Crippen LogP contribution in [0.15, 0.2) is 24.5 Å². The normalized spacial score (nSPS) is 22.0. The average molecular weight is 275 g/mol. The second-order valence-corrected chi connectivity index (χ2v) is 5.65. The maximum absolute atomic E-state index is 12.1. The monoisotopic (exact) mass is 275 g/mol. The summed E-state index contributed by atoms with van der Waals surface area (Å²) in [6, 6.07) is 3.82. The highest BCUT2D eigenvalue weighted by atomic mass is 16.5. The molecule has 1 aromatic heterocycles. The number of nitrogens with one attached hydrogen (secondary N) is 1. The van der Waals surface area contributed by atoms with Gasteiger partial charge in [0.05, 0.1) is 6.10 Å². The first kappa shape index (κ1) is 13.4. The Morgan fingerprint density at radius 2 is 2.35 bits per heavy atom. The maximum atomic E-state index is 12.1. The van der Waals surface area contributed by atoms with Gasteiger partial charge in [-0.25, -0.2) is 4.79 Å². The third kappa shape index (κ3) is 3.70. The van der Waals surface area contributed by atoms with Gasteiger partial charge in [0.1, 0.15) is 0 Å². The van der Waals surface area contributed by atoms with Crippen molar-refractivity contribution in [3.8, 4) is 0 Å². The number of carbonyl (C=O) groups excluding carboxylic acids is 1. The molecule has 0 unspecified atom stereocenters. The smallest absolute Gasteiger partial charge is 0.317 e. The van der Waals surface area contributed by atoms with Gasteiger partial charge in [-0.05, 0) is 36.8 Å². The van der Waals surface area contributed by atoms with Crippen molar-refractivity contribution in [2.75, 3.05) is 19.7 Å². The first-order valence-electron chi connectivity index (χ1n) is 7.34. The summed E-state index contributed by atoms with van der Waals surface area (Å²) in [5.41, 5.74) is 1.02. The summed E-state index contributed by atoms with van der Waals surface area (Å²) in [5.74, 6) is 0.781. The van der Waals surface area contributed by atoms with Crippen LogP contribution in [-0.2, 0) is 11.3 Å². The largest absolute Gasteiger partial charge is 0.376 e. The lowest BCUT2D eigenvalue weighted by atomic mass is 10.3. The SMILES string of the molecule is O=C(NCc1cccnc1)N1CC[C@@H](OCC2CC2)C1. The second-order valence-electron chi connectivity index (χ2n) is 5.65. The lowest BCUT2D eigenvalue weighted by Crippen LogP contribution is -2.38. The Labute approximate surface area is 119 Å². The molecule has 0 spiro atoms. The Morgan fingerprint density at radius 1 is 1.45 bits per heavy atom. The third-order valence-corrected chi connectivity index (χ3v) is 3.86. The summed E-state index contributed by atoms with van der Waals surface area (Å²) in [7, 11) is 0. The van der Waals surface area contributed by atoms with E-state index in [0.717, 1.165) is 31.1 Å². The standard InChI is InChI=1S/C15H21N3O2/c19-15(17-9-13-2-1-6-16-8-13)18-7-5-14(10-18)20-11-12-3-4-12/h1-2,6,8,12,14H,3-5,7,9-11H2,(H,17,19)/t14-/m1/s1. The van der Waals surface area contributed by atoms with Crippen molar-refractivity contribution in [3.05, 3.63) is 30.1 Å². The highest BCUT2D eigenvalue weighted by Gasteiger charge is 2.29. The number of nitrogens with zero attached hydrogens (tertiary/aromatic N) is 2. The number of hydrogen-bond acceptors (Lipinski definition) is 3. The van der Waals surface area contributed by atoms with Crippen LogP contribution in [0.2, 0.25) is 0 Å². The lowest BCUT2D eigenvalue weighted by Gasteiger charge is -2.17. The van der Waals surface area contributed by atoms with Gasteiger partial charge in [0.15, 0.2) is 0 Å². The van der Waals surface area contributed by atoms with Crippen molar-refractivity contribution in [1.29, 1.82) is 0 Å². The number of hydrogen-bond donors (Lipinski definition) is 1. The molecule has 2 heterocycles. The number of pyridine rings is 1. The molecule has 1 atom stereocenters. The van der Waals surface area contributed by atoms with Crippen LogP contribution in [0.1, 0.15) is 24.8 Å². The second kappa shape index (κ2) is 6.22. The Balaban J connectivity index is 1.39. The minimum Gasteiger partial charge on any atom is -0.376 e. The van der Waals surface area contributed by atoms with E-state index in [2.05, 4.69) is 10.3 Å². The Hall–Kier alpha value is -1.62. The fraction of sp³-hybridized carbons (Fsp3) is 0.600. The van der Waals surface area contributed by atoms with Crippen molar-refractivity contribution >= 4 is 6.03 Å². The van der Waals surface area contributed by atoms with Gasteiger partial charge in [0.2, 0.25) is 0 Å². The molecular weight excluding hydrogens is 254 g/mol. The van der Waals surface area contributed by atoms with Gasteiger partial charge < -0.3 is 15.0 Å². The quantitative estimate of drug-likeness (QED) is 0.891. The zero-order chi connectivity index (χ0) is 13.8. The molecule has 20 heavy (non-hydrogen) atoms. The first-order chi connectivity index (χ1) is 9.81. The molecule has 2 amide bonds. The zero-order valence-electron chi connectivity index (χ0n) is 11.6. The molecule has 2 fully saturated rings. The minimum absolute atomic E-state index is 0.00799. The van der Waals surface area contributed by atoms with Gasteiger partial charge >= 0.3 is 6.03 Å². The summed E-state index contributed by atoms with van der Waals surface area (Å²) in [5, 5.41) is 2.93. The van der Waals surface area contributed by atoms with E-state index in [1.54, 1.807) is 12.4 Å². The number of carbonyl (C=O) groups is 1. The van der Waals surface area contributed by atoms with E-state index in [1.807, 2.05) is 17.0 Å². The maximum Gasteiger partial charge on any atom is 0.317 e. The highest BCUT2D eigenvalue weighted by molar-refractivity contribution is 5.74. The summed E-state index contributed by atoms with van der Waals surface area (Å²) in [6.45, 7) is 2.90. The number of urea groups is 1. The Bertz CT molecular complexity index is 448. The third-order valence-electron chi connectivity index (χ3n) is 3.86. The first-order valence-corrected chi connectivity index (χ1v) is 7.34. The van der Waals surface area contributed by atoms with Crippen LogP contribution >= 0.6 is 0 Å². The molecule has 108 valence electrons.